The number of Topliss-reactive ketones (excluding diaryl/α,β-unsaturated/α-hetero) is 1. The van der Waals surface area contributed by atoms with Crippen LogP contribution in [0, 0.1) is 0 Å². The quantitative estimate of drug-likeness (QED) is 0.460. The molecule has 146 valence electrons. The Labute approximate surface area is 161 Å². The molecule has 4 heteroatoms. The van der Waals surface area contributed by atoms with Gasteiger partial charge in [-0.25, -0.2) is 0 Å². The number of piperidine rings is 1. The molecular weight excluding hydrogens is 338 g/mol. The molecule has 0 spiro atoms. The lowest BCUT2D eigenvalue weighted by molar-refractivity contribution is -0.124. The summed E-state index contributed by atoms with van der Waals surface area (Å²) in [5.74, 6) is 0.414. The smallest absolute Gasteiger partial charge is 0.191 e. The van der Waals surface area contributed by atoms with Crippen LogP contribution in [-0.2, 0) is 9.22 Å². The second-order valence-corrected chi connectivity index (χ2v) is 14.0. The first-order chi connectivity index (χ1) is 12.1. The summed E-state index contributed by atoms with van der Waals surface area (Å²) in [6.45, 7) is 15.4. The predicted molar refractivity (Wildman–Crippen MR) is 112 cm³/mol. The first-order valence-corrected chi connectivity index (χ1v) is 13.0. The number of benzene rings is 1. The van der Waals surface area contributed by atoms with Gasteiger partial charge in [-0.3, -0.25) is 9.69 Å². The highest BCUT2D eigenvalue weighted by molar-refractivity contribution is 6.74. The number of hydrogen-bond acceptors (Lipinski definition) is 3. The van der Waals surface area contributed by atoms with Gasteiger partial charge in [-0.05, 0) is 43.5 Å². The molecule has 1 aromatic carbocycles. The van der Waals surface area contributed by atoms with E-state index in [1.54, 1.807) is 0 Å². The maximum absolute atomic E-state index is 12.1. The predicted octanol–water partition coefficient (Wildman–Crippen LogP) is 5.58. The molecule has 1 fully saturated rings. The molecule has 1 heterocycles. The van der Waals surface area contributed by atoms with E-state index in [4.69, 9.17) is 4.43 Å². The monoisotopic (exact) mass is 375 g/mol. The summed E-state index contributed by atoms with van der Waals surface area (Å²) < 4.78 is 6.33. The van der Waals surface area contributed by atoms with Crippen molar-refractivity contribution in [3.05, 3.63) is 35.9 Å². The first-order valence-electron chi connectivity index (χ1n) is 10.1. The van der Waals surface area contributed by atoms with Gasteiger partial charge < -0.3 is 4.43 Å². The van der Waals surface area contributed by atoms with Crippen LogP contribution < -0.4 is 0 Å². The fourth-order valence-corrected chi connectivity index (χ4v) is 4.57. The molecule has 1 aliphatic heterocycles. The minimum absolute atomic E-state index is 0.252. The zero-order valence-corrected chi connectivity index (χ0v) is 18.5. The van der Waals surface area contributed by atoms with E-state index in [0.29, 0.717) is 30.7 Å². The lowest BCUT2D eigenvalue weighted by Gasteiger charge is -2.40. The largest absolute Gasteiger partial charge is 0.417 e. The molecule has 0 N–H and O–H groups in total. The number of ketones is 1. The van der Waals surface area contributed by atoms with E-state index in [1.165, 1.54) is 5.56 Å². The molecule has 0 unspecified atom stereocenters. The Kier molecular flexibility index (Phi) is 7.23. The fraction of sp³-hybridized carbons (Fsp3) is 0.682. The van der Waals surface area contributed by atoms with Crippen molar-refractivity contribution in [1.29, 1.82) is 0 Å². The summed E-state index contributed by atoms with van der Waals surface area (Å²) in [6, 6.07) is 11.3. The number of likely N-dealkylation sites (tertiary alicyclic amines) is 1. The standard InChI is InChI=1S/C22H37NO2Si/c1-18(19-11-8-7-9-12-19)23-15-14-21(24)17-20(23)13-10-16-25-26(5,6)22(2,3)4/h7-9,11-12,18,20H,10,13-17H2,1-6H3/t18-,20-/m1/s1. The summed E-state index contributed by atoms with van der Waals surface area (Å²) in [4.78, 5) is 14.6. The molecule has 26 heavy (non-hydrogen) atoms. The van der Waals surface area contributed by atoms with Gasteiger partial charge in [0, 0.05) is 38.1 Å². The lowest BCUT2D eigenvalue weighted by atomic mass is 9.93. The Morgan fingerprint density at radius 1 is 1.23 bits per heavy atom. The number of carbonyl (C=O) groups is 1. The molecule has 0 radical (unpaired) electrons. The highest BCUT2D eigenvalue weighted by Crippen LogP contribution is 2.37. The summed E-state index contributed by atoms with van der Waals surface area (Å²) in [6.07, 6.45) is 3.45. The molecule has 0 amide bonds. The van der Waals surface area contributed by atoms with Crippen LogP contribution in [0.25, 0.3) is 0 Å². The van der Waals surface area contributed by atoms with E-state index < -0.39 is 8.32 Å². The van der Waals surface area contributed by atoms with Crippen LogP contribution in [0.5, 0.6) is 0 Å². The average molecular weight is 376 g/mol. The Hall–Kier alpha value is -0.973. The minimum Gasteiger partial charge on any atom is -0.417 e. The van der Waals surface area contributed by atoms with Gasteiger partial charge in [-0.15, -0.1) is 0 Å². The van der Waals surface area contributed by atoms with Crippen molar-refractivity contribution in [2.45, 2.75) is 83.6 Å². The molecule has 1 aliphatic rings. The Balaban J connectivity index is 1.93. The highest BCUT2D eigenvalue weighted by Gasteiger charge is 2.37. The zero-order valence-electron chi connectivity index (χ0n) is 17.5. The molecular formula is C22H37NO2Si. The Morgan fingerprint density at radius 2 is 1.88 bits per heavy atom. The van der Waals surface area contributed by atoms with Crippen molar-refractivity contribution < 1.29 is 9.22 Å². The van der Waals surface area contributed by atoms with E-state index in [-0.39, 0.29) is 5.04 Å². The maximum atomic E-state index is 12.1. The number of hydrogen-bond donors (Lipinski definition) is 0. The third kappa shape index (κ3) is 5.51. The summed E-state index contributed by atoms with van der Waals surface area (Å²) in [5.41, 5.74) is 1.34. The highest BCUT2D eigenvalue weighted by atomic mass is 28.4. The first kappa shape index (κ1) is 21.3. The number of carbonyl (C=O) groups excluding carboxylic acids is 1. The van der Waals surface area contributed by atoms with Gasteiger partial charge in [0.1, 0.15) is 5.78 Å². The maximum Gasteiger partial charge on any atom is 0.191 e. The van der Waals surface area contributed by atoms with E-state index in [0.717, 1.165) is 26.0 Å². The van der Waals surface area contributed by atoms with E-state index in [1.807, 2.05) is 0 Å². The number of rotatable bonds is 7. The van der Waals surface area contributed by atoms with Crippen molar-refractivity contribution in [2.75, 3.05) is 13.2 Å². The normalized spacial score (nSPS) is 21.0. The third-order valence-corrected chi connectivity index (χ3v) is 10.8. The second kappa shape index (κ2) is 8.81. The van der Waals surface area contributed by atoms with Crippen LogP contribution in [0.1, 0.15) is 65.0 Å². The van der Waals surface area contributed by atoms with E-state index >= 15 is 0 Å². The molecule has 3 nitrogen and oxygen atoms in total. The van der Waals surface area contributed by atoms with Gasteiger partial charge >= 0.3 is 0 Å². The molecule has 0 saturated carbocycles. The summed E-state index contributed by atoms with van der Waals surface area (Å²) >= 11 is 0. The van der Waals surface area contributed by atoms with Crippen molar-refractivity contribution in [3.8, 4) is 0 Å². The van der Waals surface area contributed by atoms with Crippen LogP contribution in [0.15, 0.2) is 30.3 Å². The zero-order chi connectivity index (χ0) is 19.4. The van der Waals surface area contributed by atoms with Crippen LogP contribution in [0.3, 0.4) is 0 Å². The Morgan fingerprint density at radius 3 is 2.50 bits per heavy atom. The van der Waals surface area contributed by atoms with Crippen molar-refractivity contribution in [3.63, 3.8) is 0 Å². The average Bonchev–Trinajstić information content (AvgIpc) is 2.58. The fourth-order valence-electron chi connectivity index (χ4n) is 3.48. The van der Waals surface area contributed by atoms with Crippen LogP contribution in [0.4, 0.5) is 0 Å². The van der Waals surface area contributed by atoms with E-state index in [2.05, 4.69) is 76.0 Å². The molecule has 0 bridgehead atoms. The molecule has 0 aromatic heterocycles. The second-order valence-electron chi connectivity index (χ2n) is 9.22. The van der Waals surface area contributed by atoms with Gasteiger partial charge in [0.05, 0.1) is 0 Å². The van der Waals surface area contributed by atoms with Crippen molar-refractivity contribution >= 4 is 14.1 Å². The van der Waals surface area contributed by atoms with E-state index in [9.17, 15) is 4.79 Å². The van der Waals surface area contributed by atoms with Gasteiger partial charge in [-0.2, -0.15) is 0 Å². The van der Waals surface area contributed by atoms with Gasteiger partial charge in [0.25, 0.3) is 0 Å². The molecule has 1 aromatic rings. The minimum atomic E-state index is -1.68. The van der Waals surface area contributed by atoms with Crippen molar-refractivity contribution in [1.82, 2.24) is 4.90 Å². The third-order valence-electron chi connectivity index (χ3n) is 6.31. The molecule has 0 aliphatic carbocycles. The van der Waals surface area contributed by atoms with Crippen LogP contribution in [0.2, 0.25) is 18.1 Å². The molecule has 2 rings (SSSR count). The summed E-state index contributed by atoms with van der Waals surface area (Å²) in [5, 5.41) is 0.252. The van der Waals surface area contributed by atoms with Gasteiger partial charge in [-0.1, -0.05) is 51.1 Å². The van der Waals surface area contributed by atoms with Crippen molar-refractivity contribution in [2.24, 2.45) is 0 Å². The number of nitrogens with zero attached hydrogens (tertiary/aromatic N) is 1. The van der Waals surface area contributed by atoms with Crippen LogP contribution in [-0.4, -0.2) is 38.2 Å². The molecule has 1 saturated heterocycles. The van der Waals surface area contributed by atoms with Crippen LogP contribution >= 0.6 is 0 Å². The van der Waals surface area contributed by atoms with Gasteiger partial charge in [0.15, 0.2) is 8.32 Å². The Bertz CT molecular complexity index is 580. The summed E-state index contributed by atoms with van der Waals surface area (Å²) in [7, 11) is -1.68. The lowest BCUT2D eigenvalue weighted by Crippen LogP contribution is -2.44. The topological polar surface area (TPSA) is 29.5 Å². The SMILES string of the molecule is C[C@H](c1ccccc1)N1CCC(=O)C[C@H]1CCCO[Si](C)(C)C(C)(C)C. The van der Waals surface area contributed by atoms with Gasteiger partial charge in [0.2, 0.25) is 0 Å². The molecule has 2 atom stereocenters.